The van der Waals surface area contributed by atoms with Gasteiger partial charge in [0, 0.05) is 24.6 Å². The van der Waals surface area contributed by atoms with Crippen LogP contribution in [0.15, 0.2) is 67.0 Å². The van der Waals surface area contributed by atoms with Crippen LogP contribution in [0.2, 0.25) is 0 Å². The molecule has 0 aliphatic carbocycles. The molecule has 1 heterocycles. The maximum Gasteiger partial charge on any atom is 0.257 e. The highest BCUT2D eigenvalue weighted by Gasteiger charge is 2.12. The van der Waals surface area contributed by atoms with Gasteiger partial charge in [0.25, 0.3) is 11.8 Å². The van der Waals surface area contributed by atoms with Crippen LogP contribution in [0.4, 0.5) is 10.1 Å². The topological polar surface area (TPSA) is 71.1 Å². The smallest absolute Gasteiger partial charge is 0.257 e. The fourth-order valence-electron chi connectivity index (χ4n) is 2.56. The number of aromatic nitrogens is 1. The Labute approximate surface area is 156 Å². The SMILES string of the molecule is Cc1cccc(CNC(=O)c2cncc(C(=O)Nc3cccc(F)c3)c2)c1. The number of halogens is 1. The molecule has 2 amide bonds. The highest BCUT2D eigenvalue weighted by molar-refractivity contribution is 6.05. The summed E-state index contributed by atoms with van der Waals surface area (Å²) in [6.07, 6.45) is 2.75. The van der Waals surface area contributed by atoms with Crippen molar-refractivity contribution in [3.63, 3.8) is 0 Å². The number of carbonyl (C=O) groups is 2. The van der Waals surface area contributed by atoms with Crippen molar-refractivity contribution in [2.24, 2.45) is 0 Å². The van der Waals surface area contributed by atoms with Crippen molar-refractivity contribution in [1.82, 2.24) is 10.3 Å². The maximum absolute atomic E-state index is 13.2. The van der Waals surface area contributed by atoms with E-state index in [9.17, 15) is 14.0 Å². The largest absolute Gasteiger partial charge is 0.348 e. The molecule has 0 radical (unpaired) electrons. The third kappa shape index (κ3) is 4.98. The van der Waals surface area contributed by atoms with E-state index in [1.807, 2.05) is 31.2 Å². The zero-order chi connectivity index (χ0) is 19.2. The summed E-state index contributed by atoms with van der Waals surface area (Å²) in [5.41, 5.74) is 2.90. The number of rotatable bonds is 5. The molecule has 0 saturated heterocycles. The van der Waals surface area contributed by atoms with E-state index in [1.54, 1.807) is 6.07 Å². The van der Waals surface area contributed by atoms with E-state index < -0.39 is 11.7 Å². The fourth-order valence-corrected chi connectivity index (χ4v) is 2.56. The maximum atomic E-state index is 13.2. The Kier molecular flexibility index (Phi) is 5.56. The molecule has 0 unspecified atom stereocenters. The lowest BCUT2D eigenvalue weighted by molar-refractivity contribution is 0.0950. The summed E-state index contributed by atoms with van der Waals surface area (Å²) in [7, 11) is 0. The molecule has 1 aromatic heterocycles. The van der Waals surface area contributed by atoms with Gasteiger partial charge in [0.05, 0.1) is 11.1 Å². The Bertz CT molecular complexity index is 988. The number of carbonyl (C=O) groups excluding carboxylic acids is 2. The van der Waals surface area contributed by atoms with E-state index in [2.05, 4.69) is 15.6 Å². The highest BCUT2D eigenvalue weighted by atomic mass is 19.1. The van der Waals surface area contributed by atoms with Crippen molar-refractivity contribution in [1.29, 1.82) is 0 Å². The van der Waals surface area contributed by atoms with Gasteiger partial charge in [-0.2, -0.15) is 0 Å². The second-order valence-corrected chi connectivity index (χ2v) is 6.10. The lowest BCUT2D eigenvalue weighted by Crippen LogP contribution is -2.23. The van der Waals surface area contributed by atoms with Gasteiger partial charge < -0.3 is 10.6 Å². The minimum absolute atomic E-state index is 0.211. The van der Waals surface area contributed by atoms with Crippen molar-refractivity contribution in [3.05, 3.63) is 95.1 Å². The van der Waals surface area contributed by atoms with Gasteiger partial charge >= 0.3 is 0 Å². The number of nitrogens with one attached hydrogen (secondary N) is 2. The van der Waals surface area contributed by atoms with Crippen LogP contribution >= 0.6 is 0 Å². The summed E-state index contributed by atoms with van der Waals surface area (Å²) in [5.74, 6) is -1.25. The molecule has 6 heteroatoms. The Morgan fingerprint density at radius 2 is 1.70 bits per heavy atom. The van der Waals surface area contributed by atoms with Crippen LogP contribution in [-0.2, 0) is 6.54 Å². The number of benzene rings is 2. The molecule has 27 heavy (non-hydrogen) atoms. The molecule has 136 valence electrons. The second kappa shape index (κ2) is 8.23. The first-order valence-corrected chi connectivity index (χ1v) is 8.37. The van der Waals surface area contributed by atoms with Gasteiger partial charge in [0.1, 0.15) is 5.82 Å². The average molecular weight is 363 g/mol. The number of hydrogen-bond acceptors (Lipinski definition) is 3. The average Bonchev–Trinajstić information content (AvgIpc) is 2.66. The number of anilines is 1. The van der Waals surface area contributed by atoms with Crippen molar-refractivity contribution >= 4 is 17.5 Å². The van der Waals surface area contributed by atoms with Crippen LogP contribution in [0.1, 0.15) is 31.8 Å². The van der Waals surface area contributed by atoms with Crippen LogP contribution in [0.25, 0.3) is 0 Å². The van der Waals surface area contributed by atoms with E-state index in [4.69, 9.17) is 0 Å². The van der Waals surface area contributed by atoms with Crippen molar-refractivity contribution in [2.45, 2.75) is 13.5 Å². The molecule has 0 aliphatic rings. The Morgan fingerprint density at radius 1 is 0.963 bits per heavy atom. The fraction of sp³-hybridized carbons (Fsp3) is 0.0952. The molecular weight excluding hydrogens is 345 g/mol. The molecule has 2 aromatic carbocycles. The van der Waals surface area contributed by atoms with Gasteiger partial charge in [-0.15, -0.1) is 0 Å². The first kappa shape index (κ1) is 18.3. The predicted molar refractivity (Wildman–Crippen MR) is 101 cm³/mol. The van der Waals surface area contributed by atoms with Crippen molar-refractivity contribution in [3.8, 4) is 0 Å². The van der Waals surface area contributed by atoms with Crippen LogP contribution in [0, 0.1) is 12.7 Å². The standard InChI is InChI=1S/C21H18FN3O2/c1-14-4-2-5-15(8-14)11-24-20(26)16-9-17(13-23-12-16)21(27)25-19-7-3-6-18(22)10-19/h2-10,12-13H,11H2,1H3,(H,24,26)(H,25,27). The number of amides is 2. The van der Waals surface area contributed by atoms with Crippen molar-refractivity contribution in [2.75, 3.05) is 5.32 Å². The third-order valence-electron chi connectivity index (χ3n) is 3.88. The van der Waals surface area contributed by atoms with E-state index >= 15 is 0 Å². The lowest BCUT2D eigenvalue weighted by atomic mass is 10.1. The first-order chi connectivity index (χ1) is 13.0. The van der Waals surface area contributed by atoms with Gasteiger partial charge in [-0.25, -0.2) is 4.39 Å². The molecule has 0 saturated carbocycles. The quantitative estimate of drug-likeness (QED) is 0.726. The third-order valence-corrected chi connectivity index (χ3v) is 3.88. The van der Waals surface area contributed by atoms with Gasteiger partial charge in [0.15, 0.2) is 0 Å². The van der Waals surface area contributed by atoms with Gasteiger partial charge in [-0.05, 0) is 36.8 Å². The number of pyridine rings is 1. The van der Waals surface area contributed by atoms with Gasteiger partial charge in [-0.1, -0.05) is 35.9 Å². The molecule has 5 nitrogen and oxygen atoms in total. The summed E-state index contributed by atoms with van der Waals surface area (Å²) in [6.45, 7) is 2.36. The van der Waals surface area contributed by atoms with Crippen LogP contribution in [0.5, 0.6) is 0 Å². The summed E-state index contributed by atoms with van der Waals surface area (Å²) in [5, 5.41) is 5.38. The zero-order valence-corrected chi connectivity index (χ0v) is 14.7. The lowest BCUT2D eigenvalue weighted by Gasteiger charge is -2.08. The van der Waals surface area contributed by atoms with Gasteiger partial charge in [0.2, 0.25) is 0 Å². The number of hydrogen-bond donors (Lipinski definition) is 2. The van der Waals surface area contributed by atoms with Crippen LogP contribution in [-0.4, -0.2) is 16.8 Å². The summed E-state index contributed by atoms with van der Waals surface area (Å²) >= 11 is 0. The summed E-state index contributed by atoms with van der Waals surface area (Å²) in [4.78, 5) is 28.6. The minimum atomic E-state index is -0.471. The zero-order valence-electron chi connectivity index (χ0n) is 14.7. The predicted octanol–water partition coefficient (Wildman–Crippen LogP) is 3.71. The summed E-state index contributed by atoms with van der Waals surface area (Å²) < 4.78 is 13.2. The Hall–Kier alpha value is -3.54. The van der Waals surface area contributed by atoms with E-state index in [0.29, 0.717) is 12.2 Å². The molecule has 0 spiro atoms. The highest BCUT2D eigenvalue weighted by Crippen LogP contribution is 2.12. The van der Waals surface area contributed by atoms with Crippen molar-refractivity contribution < 1.29 is 14.0 Å². The molecule has 0 fully saturated rings. The number of nitrogens with zero attached hydrogens (tertiary/aromatic N) is 1. The Morgan fingerprint density at radius 3 is 2.44 bits per heavy atom. The first-order valence-electron chi connectivity index (χ1n) is 8.37. The van der Waals surface area contributed by atoms with E-state index in [0.717, 1.165) is 11.1 Å². The van der Waals surface area contributed by atoms with E-state index in [1.165, 1.54) is 36.7 Å². The number of aryl methyl sites for hydroxylation is 1. The van der Waals surface area contributed by atoms with Crippen LogP contribution in [0.3, 0.4) is 0 Å². The molecule has 3 rings (SSSR count). The summed E-state index contributed by atoms with van der Waals surface area (Å²) in [6, 6.07) is 14.8. The van der Waals surface area contributed by atoms with Crippen LogP contribution < -0.4 is 10.6 Å². The van der Waals surface area contributed by atoms with E-state index in [-0.39, 0.29) is 17.0 Å². The Balaban J connectivity index is 1.67. The minimum Gasteiger partial charge on any atom is -0.348 e. The molecular formula is C21H18FN3O2. The molecule has 0 aliphatic heterocycles. The molecule has 3 aromatic rings. The second-order valence-electron chi connectivity index (χ2n) is 6.10. The molecule has 0 atom stereocenters. The molecule has 2 N–H and O–H groups in total. The molecule has 0 bridgehead atoms. The monoisotopic (exact) mass is 363 g/mol. The normalized spacial score (nSPS) is 10.3. The van der Waals surface area contributed by atoms with Gasteiger partial charge in [-0.3, -0.25) is 14.6 Å².